The van der Waals surface area contributed by atoms with Gasteiger partial charge in [-0.05, 0) is 36.2 Å². The van der Waals surface area contributed by atoms with E-state index in [0.717, 1.165) is 5.56 Å². The molecule has 1 N–H and O–H groups in total. The third kappa shape index (κ3) is 2.81. The Hall–Kier alpha value is -0.730. The monoisotopic (exact) mass is 300 g/mol. The van der Waals surface area contributed by atoms with Crippen molar-refractivity contribution in [3.8, 4) is 0 Å². The van der Waals surface area contributed by atoms with Crippen molar-refractivity contribution in [2.24, 2.45) is 0 Å². The van der Waals surface area contributed by atoms with Crippen molar-refractivity contribution in [2.45, 2.75) is 13.0 Å². The first-order valence-corrected chi connectivity index (χ1v) is 6.51. The Morgan fingerprint density at radius 3 is 2.44 bits per heavy atom. The maximum Gasteiger partial charge on any atom is 0.106 e. The number of aliphatic hydroxyl groups is 1. The third-order valence-electron chi connectivity index (χ3n) is 2.66. The van der Waals surface area contributed by atoms with Gasteiger partial charge in [-0.25, -0.2) is 0 Å². The van der Waals surface area contributed by atoms with Crippen molar-refractivity contribution in [1.29, 1.82) is 0 Å². The molecule has 0 amide bonds. The lowest BCUT2D eigenvalue weighted by Crippen LogP contribution is -2.01. The smallest absolute Gasteiger partial charge is 0.106 e. The van der Waals surface area contributed by atoms with E-state index in [2.05, 4.69) is 0 Å². The topological polar surface area (TPSA) is 20.2 Å². The highest BCUT2D eigenvalue weighted by molar-refractivity contribution is 6.42. The van der Waals surface area contributed by atoms with E-state index in [0.29, 0.717) is 26.2 Å². The van der Waals surface area contributed by atoms with Crippen LogP contribution in [0, 0.1) is 6.92 Å². The highest BCUT2D eigenvalue weighted by Crippen LogP contribution is 2.34. The van der Waals surface area contributed by atoms with Crippen molar-refractivity contribution in [3.05, 3.63) is 68.2 Å². The minimum absolute atomic E-state index is 0.365. The van der Waals surface area contributed by atoms with Gasteiger partial charge in [0, 0.05) is 10.6 Å². The molecule has 0 aliphatic carbocycles. The van der Waals surface area contributed by atoms with E-state index in [9.17, 15) is 5.11 Å². The number of benzene rings is 2. The van der Waals surface area contributed by atoms with E-state index in [-0.39, 0.29) is 0 Å². The van der Waals surface area contributed by atoms with Crippen LogP contribution in [-0.4, -0.2) is 5.11 Å². The summed E-state index contributed by atoms with van der Waals surface area (Å²) in [7, 11) is 0. The zero-order valence-electron chi connectivity index (χ0n) is 9.62. The second-order valence-electron chi connectivity index (χ2n) is 4.11. The Bertz CT molecular complexity index is 561. The summed E-state index contributed by atoms with van der Waals surface area (Å²) in [5.41, 5.74) is 2.25. The van der Waals surface area contributed by atoms with E-state index in [1.807, 2.05) is 19.1 Å². The van der Waals surface area contributed by atoms with Gasteiger partial charge in [-0.2, -0.15) is 0 Å². The number of rotatable bonds is 2. The fraction of sp³-hybridized carbons (Fsp3) is 0.143. The summed E-state index contributed by atoms with van der Waals surface area (Å²) < 4.78 is 0. The lowest BCUT2D eigenvalue weighted by Gasteiger charge is -2.15. The van der Waals surface area contributed by atoms with Gasteiger partial charge in [-0.15, -0.1) is 0 Å². The van der Waals surface area contributed by atoms with Crippen LogP contribution in [0.2, 0.25) is 15.1 Å². The zero-order chi connectivity index (χ0) is 13.3. The van der Waals surface area contributed by atoms with E-state index in [1.165, 1.54) is 0 Å². The van der Waals surface area contributed by atoms with Gasteiger partial charge in [0.15, 0.2) is 0 Å². The van der Waals surface area contributed by atoms with E-state index in [4.69, 9.17) is 34.8 Å². The Balaban J connectivity index is 2.47. The molecule has 0 aliphatic heterocycles. The van der Waals surface area contributed by atoms with Gasteiger partial charge in [-0.1, -0.05) is 53.0 Å². The average molecular weight is 302 g/mol. The fourth-order valence-corrected chi connectivity index (χ4v) is 2.54. The van der Waals surface area contributed by atoms with Gasteiger partial charge in [0.25, 0.3) is 0 Å². The van der Waals surface area contributed by atoms with Crippen LogP contribution < -0.4 is 0 Å². The molecule has 2 aromatic rings. The molecule has 0 heterocycles. The van der Waals surface area contributed by atoms with Gasteiger partial charge >= 0.3 is 0 Å². The summed E-state index contributed by atoms with van der Waals surface area (Å²) in [6, 6.07) is 10.6. The van der Waals surface area contributed by atoms with Crippen LogP contribution in [-0.2, 0) is 0 Å². The molecule has 0 fully saturated rings. The lowest BCUT2D eigenvalue weighted by molar-refractivity contribution is 0.220. The number of hydrogen-bond donors (Lipinski definition) is 1. The molecule has 94 valence electrons. The van der Waals surface area contributed by atoms with Crippen molar-refractivity contribution < 1.29 is 5.11 Å². The second kappa shape index (κ2) is 5.50. The molecule has 0 spiro atoms. The minimum atomic E-state index is -0.839. The summed E-state index contributed by atoms with van der Waals surface area (Å²) in [4.78, 5) is 0. The maximum atomic E-state index is 10.3. The highest BCUT2D eigenvalue weighted by atomic mass is 35.5. The fourth-order valence-electron chi connectivity index (χ4n) is 1.83. The summed E-state index contributed by atoms with van der Waals surface area (Å²) in [6.45, 7) is 1.92. The molecule has 4 heteroatoms. The Kier molecular flexibility index (Phi) is 4.18. The summed E-state index contributed by atoms with van der Waals surface area (Å²) in [5.74, 6) is 0. The van der Waals surface area contributed by atoms with Crippen molar-refractivity contribution in [2.75, 3.05) is 0 Å². The first-order chi connectivity index (χ1) is 8.49. The standard InChI is InChI=1S/C14H11Cl3O/c1-8-5-9(7-10(15)6-8)14(18)11-3-2-4-12(16)13(11)17/h2-7,14,18H,1H3. The Labute approximate surface area is 121 Å². The molecule has 1 unspecified atom stereocenters. The van der Waals surface area contributed by atoms with Crippen LogP contribution >= 0.6 is 34.8 Å². The van der Waals surface area contributed by atoms with E-state index in [1.54, 1.807) is 24.3 Å². The van der Waals surface area contributed by atoms with Crippen LogP contribution in [0.15, 0.2) is 36.4 Å². The molecule has 0 radical (unpaired) electrons. The van der Waals surface area contributed by atoms with Crippen LogP contribution in [0.3, 0.4) is 0 Å². The van der Waals surface area contributed by atoms with Crippen LogP contribution in [0.25, 0.3) is 0 Å². The third-order valence-corrected chi connectivity index (χ3v) is 3.71. The molecule has 0 aromatic heterocycles. The Morgan fingerprint density at radius 1 is 1.06 bits per heavy atom. The van der Waals surface area contributed by atoms with Crippen LogP contribution in [0.4, 0.5) is 0 Å². The van der Waals surface area contributed by atoms with Crippen molar-refractivity contribution in [1.82, 2.24) is 0 Å². The van der Waals surface area contributed by atoms with Gasteiger partial charge in [0.1, 0.15) is 6.10 Å². The molecular weight excluding hydrogens is 291 g/mol. The van der Waals surface area contributed by atoms with E-state index >= 15 is 0 Å². The predicted molar refractivity (Wildman–Crippen MR) is 76.7 cm³/mol. The van der Waals surface area contributed by atoms with Gasteiger partial charge in [0.2, 0.25) is 0 Å². The zero-order valence-corrected chi connectivity index (χ0v) is 11.9. The summed E-state index contributed by atoms with van der Waals surface area (Å²) >= 11 is 18.0. The molecule has 0 saturated carbocycles. The minimum Gasteiger partial charge on any atom is -0.384 e. The molecule has 1 atom stereocenters. The first kappa shape index (κ1) is 13.7. The van der Waals surface area contributed by atoms with Crippen LogP contribution in [0.1, 0.15) is 22.8 Å². The van der Waals surface area contributed by atoms with Crippen LogP contribution in [0.5, 0.6) is 0 Å². The van der Waals surface area contributed by atoms with Gasteiger partial charge in [-0.3, -0.25) is 0 Å². The second-order valence-corrected chi connectivity index (χ2v) is 5.33. The molecule has 2 rings (SSSR count). The van der Waals surface area contributed by atoms with Crippen molar-refractivity contribution in [3.63, 3.8) is 0 Å². The maximum absolute atomic E-state index is 10.3. The number of aryl methyl sites for hydroxylation is 1. The molecule has 18 heavy (non-hydrogen) atoms. The summed E-state index contributed by atoms with van der Waals surface area (Å²) in [5, 5.41) is 11.7. The molecule has 0 aliphatic rings. The number of aliphatic hydroxyl groups excluding tert-OH is 1. The number of halogens is 3. The molecule has 1 nitrogen and oxygen atoms in total. The molecule has 0 saturated heterocycles. The van der Waals surface area contributed by atoms with Crippen molar-refractivity contribution >= 4 is 34.8 Å². The highest BCUT2D eigenvalue weighted by Gasteiger charge is 2.16. The Morgan fingerprint density at radius 2 is 1.78 bits per heavy atom. The predicted octanol–water partition coefficient (Wildman–Crippen LogP) is 5.04. The average Bonchev–Trinajstić information content (AvgIpc) is 2.30. The molecular formula is C14H11Cl3O. The largest absolute Gasteiger partial charge is 0.384 e. The first-order valence-electron chi connectivity index (χ1n) is 5.38. The number of hydrogen-bond acceptors (Lipinski definition) is 1. The molecule has 0 bridgehead atoms. The molecule has 2 aromatic carbocycles. The van der Waals surface area contributed by atoms with Gasteiger partial charge < -0.3 is 5.11 Å². The lowest BCUT2D eigenvalue weighted by atomic mass is 10.00. The SMILES string of the molecule is Cc1cc(Cl)cc(C(O)c2cccc(Cl)c2Cl)c1. The summed E-state index contributed by atoms with van der Waals surface area (Å²) in [6.07, 6.45) is -0.839. The van der Waals surface area contributed by atoms with E-state index < -0.39 is 6.10 Å². The van der Waals surface area contributed by atoms with Gasteiger partial charge in [0.05, 0.1) is 10.0 Å². The quantitative estimate of drug-likeness (QED) is 0.824. The normalized spacial score (nSPS) is 12.5.